The normalized spacial score (nSPS) is 23.2. The first kappa shape index (κ1) is 18.1. The molecule has 2 aliphatic heterocycles. The second-order valence-electron chi connectivity index (χ2n) is 8.03. The molecule has 5 rings (SSSR count). The standard InChI is InChI=1S/C24H20ClN3O/c25-19-10-8-16(9-11-19)22(29)24(15-26)14-18-13-17-5-1-2-6-20(17)27-23(18)28-12-4-3-7-21(24)28/h1-2,5-6,8-11,13,21H,3-4,7,12,14H2/p+1/t21-,24-/m1/s1. The minimum Gasteiger partial charge on any atom is -0.292 e. The fourth-order valence-corrected chi connectivity index (χ4v) is 5.10. The molecular formula is C24H21ClN3O+. The molecule has 4 nitrogen and oxygen atoms in total. The minimum atomic E-state index is -1.10. The van der Waals surface area contributed by atoms with Gasteiger partial charge in [0.1, 0.15) is 11.6 Å². The predicted octanol–water partition coefficient (Wildman–Crippen LogP) is 4.62. The van der Waals surface area contributed by atoms with Crippen molar-refractivity contribution in [3.8, 4) is 6.07 Å². The molecule has 0 saturated carbocycles. The first-order valence-corrected chi connectivity index (χ1v) is 10.4. The van der Waals surface area contributed by atoms with E-state index in [1.165, 1.54) is 0 Å². The number of ketones is 1. The van der Waals surface area contributed by atoms with Gasteiger partial charge >= 0.3 is 0 Å². The van der Waals surface area contributed by atoms with Crippen molar-refractivity contribution in [2.75, 3.05) is 11.4 Å². The number of anilines is 1. The molecule has 144 valence electrons. The lowest BCUT2D eigenvalue weighted by Crippen LogP contribution is -2.59. The van der Waals surface area contributed by atoms with E-state index in [4.69, 9.17) is 11.6 Å². The highest BCUT2D eigenvalue weighted by atomic mass is 35.5. The zero-order chi connectivity index (χ0) is 20.0. The molecule has 2 atom stereocenters. The number of nitrogens with zero attached hydrogens (tertiary/aromatic N) is 2. The number of H-pyrrole nitrogens is 1. The Morgan fingerprint density at radius 2 is 1.97 bits per heavy atom. The average Bonchev–Trinajstić information content (AvgIpc) is 2.77. The van der Waals surface area contributed by atoms with Crippen molar-refractivity contribution in [2.45, 2.75) is 31.7 Å². The fourth-order valence-electron chi connectivity index (χ4n) is 4.98. The Balaban J connectivity index is 1.68. The number of nitriles is 1. The van der Waals surface area contributed by atoms with Crippen LogP contribution in [0.25, 0.3) is 10.9 Å². The van der Waals surface area contributed by atoms with Crippen molar-refractivity contribution in [1.29, 1.82) is 5.26 Å². The van der Waals surface area contributed by atoms with Crippen LogP contribution in [0.5, 0.6) is 0 Å². The number of rotatable bonds is 2. The molecule has 1 fully saturated rings. The molecule has 0 spiro atoms. The summed E-state index contributed by atoms with van der Waals surface area (Å²) in [6.45, 7) is 0.851. The number of piperidine rings is 1. The van der Waals surface area contributed by atoms with Gasteiger partial charge in [-0.2, -0.15) is 5.26 Å². The van der Waals surface area contributed by atoms with Gasteiger partial charge in [0.25, 0.3) is 5.82 Å². The van der Waals surface area contributed by atoms with E-state index in [-0.39, 0.29) is 11.8 Å². The number of aromatic nitrogens is 1. The Morgan fingerprint density at radius 1 is 1.17 bits per heavy atom. The molecule has 5 heteroatoms. The summed E-state index contributed by atoms with van der Waals surface area (Å²) < 4.78 is 0. The Kier molecular flexibility index (Phi) is 4.29. The summed E-state index contributed by atoms with van der Waals surface area (Å²) in [7, 11) is 0. The van der Waals surface area contributed by atoms with Crippen molar-refractivity contribution in [1.82, 2.24) is 0 Å². The molecule has 0 radical (unpaired) electrons. The summed E-state index contributed by atoms with van der Waals surface area (Å²) in [5.74, 6) is 0.954. The van der Waals surface area contributed by atoms with E-state index >= 15 is 0 Å². The first-order chi connectivity index (χ1) is 14.1. The summed E-state index contributed by atoms with van der Waals surface area (Å²) in [5.41, 5.74) is 1.56. The summed E-state index contributed by atoms with van der Waals surface area (Å²) in [6.07, 6.45) is 3.35. The molecular weight excluding hydrogens is 382 g/mol. The Morgan fingerprint density at radius 3 is 2.76 bits per heavy atom. The second kappa shape index (κ2) is 6.86. The smallest absolute Gasteiger partial charge is 0.278 e. The fraction of sp³-hybridized carbons (Fsp3) is 0.292. The van der Waals surface area contributed by atoms with Gasteiger partial charge in [-0.25, -0.2) is 4.98 Å². The van der Waals surface area contributed by atoms with Gasteiger partial charge < -0.3 is 0 Å². The number of aromatic amines is 1. The van der Waals surface area contributed by atoms with Crippen LogP contribution in [-0.2, 0) is 6.42 Å². The zero-order valence-electron chi connectivity index (χ0n) is 16.0. The van der Waals surface area contributed by atoms with Gasteiger partial charge in [-0.05, 0) is 55.7 Å². The Labute approximate surface area is 174 Å². The molecule has 1 aromatic heterocycles. The third-order valence-electron chi connectivity index (χ3n) is 6.39. The largest absolute Gasteiger partial charge is 0.292 e. The number of carbonyl (C=O) groups is 1. The highest BCUT2D eigenvalue weighted by Gasteiger charge is 2.57. The van der Waals surface area contributed by atoms with Crippen LogP contribution in [0.4, 0.5) is 5.82 Å². The lowest BCUT2D eigenvalue weighted by molar-refractivity contribution is -0.333. The van der Waals surface area contributed by atoms with Gasteiger partial charge in [-0.1, -0.05) is 29.8 Å². The predicted molar refractivity (Wildman–Crippen MR) is 113 cm³/mol. The van der Waals surface area contributed by atoms with Crippen LogP contribution in [0.3, 0.4) is 0 Å². The first-order valence-electron chi connectivity index (χ1n) is 10.0. The lowest BCUT2D eigenvalue weighted by atomic mass is 9.66. The molecule has 1 N–H and O–H groups in total. The third-order valence-corrected chi connectivity index (χ3v) is 6.64. The molecule has 2 aromatic carbocycles. The van der Waals surface area contributed by atoms with E-state index in [2.05, 4.69) is 34.2 Å². The number of benzene rings is 2. The quantitative estimate of drug-likeness (QED) is 0.588. The SMILES string of the molecule is N#C[C@]1(C(=O)c2ccc(Cl)cc2)Cc2cc3ccccc3[nH+]c2N2CCCC[C@@H]21. The van der Waals surface area contributed by atoms with Gasteiger partial charge in [0, 0.05) is 28.0 Å². The summed E-state index contributed by atoms with van der Waals surface area (Å²) >= 11 is 6.02. The van der Waals surface area contributed by atoms with E-state index in [1.807, 2.05) is 12.1 Å². The van der Waals surface area contributed by atoms with Crippen molar-refractivity contribution in [3.63, 3.8) is 0 Å². The molecule has 0 unspecified atom stereocenters. The molecule has 1 saturated heterocycles. The highest BCUT2D eigenvalue weighted by Crippen LogP contribution is 2.45. The van der Waals surface area contributed by atoms with Crippen LogP contribution in [-0.4, -0.2) is 18.4 Å². The molecule has 0 amide bonds. The van der Waals surface area contributed by atoms with Crippen LogP contribution >= 0.6 is 11.6 Å². The van der Waals surface area contributed by atoms with Gasteiger partial charge in [0.2, 0.25) is 0 Å². The molecule has 2 aliphatic rings. The molecule has 3 heterocycles. The maximum absolute atomic E-state index is 13.7. The van der Waals surface area contributed by atoms with E-state index in [9.17, 15) is 10.1 Å². The number of pyridine rings is 1. The molecule has 29 heavy (non-hydrogen) atoms. The van der Waals surface area contributed by atoms with E-state index < -0.39 is 5.41 Å². The lowest BCUT2D eigenvalue weighted by Gasteiger charge is -2.44. The number of Topliss-reactive ketones (excluding diaryl/α,β-unsaturated/α-hetero) is 1. The van der Waals surface area contributed by atoms with Gasteiger partial charge in [0.05, 0.1) is 12.6 Å². The van der Waals surface area contributed by atoms with Gasteiger partial charge in [-0.15, -0.1) is 0 Å². The molecule has 0 bridgehead atoms. The van der Waals surface area contributed by atoms with Crippen molar-refractivity contribution in [3.05, 3.63) is 70.7 Å². The van der Waals surface area contributed by atoms with Crippen molar-refractivity contribution >= 4 is 34.1 Å². The topological polar surface area (TPSA) is 58.2 Å². The Bertz CT molecular complexity index is 1150. The average molecular weight is 403 g/mol. The maximum Gasteiger partial charge on any atom is 0.278 e. The van der Waals surface area contributed by atoms with Crippen LogP contribution in [0.2, 0.25) is 5.02 Å². The van der Waals surface area contributed by atoms with E-state index in [1.54, 1.807) is 24.3 Å². The zero-order valence-corrected chi connectivity index (χ0v) is 16.7. The van der Waals surface area contributed by atoms with Crippen molar-refractivity contribution < 1.29 is 9.78 Å². The molecule has 0 aliphatic carbocycles. The summed E-state index contributed by atoms with van der Waals surface area (Å²) in [5, 5.41) is 12.0. The number of carbonyl (C=O) groups excluding carboxylic acids is 1. The second-order valence-corrected chi connectivity index (χ2v) is 8.47. The minimum absolute atomic E-state index is 0.104. The third kappa shape index (κ3) is 2.81. The Hall–Kier alpha value is -2.90. The van der Waals surface area contributed by atoms with Crippen LogP contribution < -0.4 is 9.88 Å². The summed E-state index contributed by atoms with van der Waals surface area (Å²) in [6, 6.07) is 19.5. The summed E-state index contributed by atoms with van der Waals surface area (Å²) in [4.78, 5) is 19.5. The van der Waals surface area contributed by atoms with E-state index in [0.29, 0.717) is 17.0 Å². The van der Waals surface area contributed by atoms with Gasteiger partial charge in [0.15, 0.2) is 11.2 Å². The monoisotopic (exact) mass is 402 g/mol. The number of halogens is 1. The van der Waals surface area contributed by atoms with Crippen LogP contribution in [0.1, 0.15) is 35.2 Å². The number of hydrogen-bond donors (Lipinski definition) is 0. The number of hydrogen-bond acceptors (Lipinski definition) is 3. The van der Waals surface area contributed by atoms with Gasteiger partial charge in [-0.3, -0.25) is 9.69 Å². The number of fused-ring (bicyclic) bond motifs is 4. The highest BCUT2D eigenvalue weighted by molar-refractivity contribution is 6.30. The van der Waals surface area contributed by atoms with Crippen LogP contribution in [0, 0.1) is 16.7 Å². The number of para-hydroxylation sites is 1. The number of nitrogens with one attached hydrogen (secondary N) is 1. The van der Waals surface area contributed by atoms with Crippen molar-refractivity contribution in [2.24, 2.45) is 5.41 Å². The maximum atomic E-state index is 13.7. The molecule has 3 aromatic rings. The van der Waals surface area contributed by atoms with Crippen LogP contribution in [0.15, 0.2) is 54.6 Å². The van der Waals surface area contributed by atoms with E-state index in [0.717, 1.165) is 48.1 Å².